The van der Waals surface area contributed by atoms with Crippen molar-refractivity contribution in [3.8, 4) is 10.4 Å². The molecule has 0 bridgehead atoms. The van der Waals surface area contributed by atoms with Gasteiger partial charge in [-0.2, -0.15) is 0 Å². The van der Waals surface area contributed by atoms with Crippen molar-refractivity contribution >= 4 is 33.3 Å². The average Bonchev–Trinajstić information content (AvgIpc) is 3.19. The van der Waals surface area contributed by atoms with Crippen LogP contribution >= 0.6 is 11.3 Å². The molecule has 0 saturated carbocycles. The highest BCUT2D eigenvalue weighted by atomic mass is 32.2. The Hall–Kier alpha value is -2.81. The number of likely N-dealkylation sites (N-methyl/N-ethyl adjacent to an activating group) is 1. The van der Waals surface area contributed by atoms with Crippen LogP contribution in [0, 0.1) is 5.82 Å². The minimum Gasteiger partial charge on any atom is -0.335 e. The molecule has 0 fully saturated rings. The van der Waals surface area contributed by atoms with Crippen LogP contribution in [0.5, 0.6) is 0 Å². The second-order valence-corrected chi connectivity index (χ2v) is 9.43. The maximum absolute atomic E-state index is 13.9. The summed E-state index contributed by atoms with van der Waals surface area (Å²) >= 11 is 1.39. The van der Waals surface area contributed by atoms with Crippen LogP contribution < -0.4 is 5.14 Å². The van der Waals surface area contributed by atoms with Crippen LogP contribution in [0.1, 0.15) is 23.4 Å². The molecule has 0 saturated heterocycles. The Morgan fingerprint density at radius 3 is 2.57 bits per heavy atom. The molecule has 1 atom stereocenters. The first-order valence-corrected chi connectivity index (χ1v) is 11.5. The molecular weight excluding hydrogens is 423 g/mol. The summed E-state index contributed by atoms with van der Waals surface area (Å²) in [5.74, 6) is -0.536. The maximum atomic E-state index is 13.9. The quantitative estimate of drug-likeness (QED) is 0.571. The highest BCUT2D eigenvalue weighted by Gasteiger charge is 2.18. The van der Waals surface area contributed by atoms with Crippen molar-refractivity contribution in [3.63, 3.8) is 0 Å². The topological polar surface area (TPSA) is 80.5 Å². The smallest absolute Gasteiger partial charge is 0.246 e. The lowest BCUT2D eigenvalue weighted by Crippen LogP contribution is -2.28. The van der Waals surface area contributed by atoms with Gasteiger partial charge >= 0.3 is 0 Å². The molecule has 5 nitrogen and oxygen atoms in total. The van der Waals surface area contributed by atoms with Gasteiger partial charge in [0.1, 0.15) is 5.82 Å². The number of hydrogen-bond acceptors (Lipinski definition) is 4. The monoisotopic (exact) mass is 444 g/mol. The van der Waals surface area contributed by atoms with Gasteiger partial charge in [0, 0.05) is 28.4 Å². The van der Waals surface area contributed by atoms with Gasteiger partial charge in [-0.15, -0.1) is 11.3 Å². The van der Waals surface area contributed by atoms with Gasteiger partial charge in [-0.1, -0.05) is 30.3 Å². The van der Waals surface area contributed by atoms with Crippen molar-refractivity contribution in [1.82, 2.24) is 4.90 Å². The Morgan fingerprint density at radius 2 is 1.87 bits per heavy atom. The largest absolute Gasteiger partial charge is 0.335 e. The molecule has 8 heteroatoms. The fourth-order valence-electron chi connectivity index (χ4n) is 2.89. The zero-order chi connectivity index (χ0) is 21.9. The van der Waals surface area contributed by atoms with E-state index in [0.717, 1.165) is 9.75 Å². The van der Waals surface area contributed by atoms with Gasteiger partial charge < -0.3 is 4.90 Å². The van der Waals surface area contributed by atoms with E-state index in [9.17, 15) is 17.6 Å². The molecule has 1 unspecified atom stereocenters. The average molecular weight is 445 g/mol. The number of halogens is 1. The van der Waals surface area contributed by atoms with Crippen LogP contribution in [0.2, 0.25) is 0 Å². The number of amides is 1. The predicted molar refractivity (Wildman–Crippen MR) is 118 cm³/mol. The van der Waals surface area contributed by atoms with Gasteiger partial charge in [-0.05, 0) is 48.9 Å². The third kappa shape index (κ3) is 5.02. The van der Waals surface area contributed by atoms with Crippen LogP contribution in [-0.2, 0) is 14.8 Å². The Bertz CT molecular complexity index is 1200. The molecule has 1 amide bonds. The standard InChI is InChI=1S/C22H21FN2O3S2/c1-15(16-6-5-7-18(14-16)30(24,27)28)25(2)22(26)13-11-17-10-12-21(29-17)19-8-3-4-9-20(19)23/h3-15H,1-2H3,(H2,24,27,28)/b13-11+. The number of primary sulfonamides is 1. The summed E-state index contributed by atoms with van der Waals surface area (Å²) in [6, 6.07) is 16.0. The maximum Gasteiger partial charge on any atom is 0.246 e. The van der Waals surface area contributed by atoms with E-state index in [-0.39, 0.29) is 22.7 Å². The number of rotatable bonds is 6. The molecule has 0 aliphatic carbocycles. The molecule has 2 aromatic carbocycles. The first-order chi connectivity index (χ1) is 14.2. The van der Waals surface area contributed by atoms with Crippen molar-refractivity contribution in [3.05, 3.63) is 83.0 Å². The summed E-state index contributed by atoms with van der Waals surface area (Å²) in [5, 5.41) is 5.19. The van der Waals surface area contributed by atoms with Gasteiger partial charge in [-0.3, -0.25) is 4.79 Å². The van der Waals surface area contributed by atoms with Crippen molar-refractivity contribution in [2.75, 3.05) is 7.05 Å². The van der Waals surface area contributed by atoms with Crippen molar-refractivity contribution < 1.29 is 17.6 Å². The van der Waals surface area contributed by atoms with Crippen LogP contribution in [-0.4, -0.2) is 26.3 Å². The normalized spacial score (nSPS) is 12.8. The Kier molecular flexibility index (Phi) is 6.50. The van der Waals surface area contributed by atoms with E-state index in [4.69, 9.17) is 5.14 Å². The van der Waals surface area contributed by atoms with Gasteiger partial charge in [0.05, 0.1) is 10.9 Å². The Labute approximate surface area is 179 Å². The molecule has 3 rings (SSSR count). The summed E-state index contributed by atoms with van der Waals surface area (Å²) < 4.78 is 37.1. The molecule has 0 radical (unpaired) electrons. The zero-order valence-electron chi connectivity index (χ0n) is 16.4. The van der Waals surface area contributed by atoms with Crippen LogP contribution in [0.25, 0.3) is 16.5 Å². The third-order valence-electron chi connectivity index (χ3n) is 4.75. The first kappa shape index (κ1) is 21.9. The SMILES string of the molecule is CC(c1cccc(S(N)(=O)=O)c1)N(C)C(=O)/C=C/c1ccc(-c2ccccc2F)s1. The van der Waals surface area contributed by atoms with Gasteiger partial charge in [0.25, 0.3) is 0 Å². The molecule has 1 heterocycles. The number of carbonyl (C=O) groups is 1. The van der Waals surface area contributed by atoms with E-state index in [2.05, 4.69) is 0 Å². The lowest BCUT2D eigenvalue weighted by Gasteiger charge is -2.24. The summed E-state index contributed by atoms with van der Waals surface area (Å²) in [6.45, 7) is 1.80. The van der Waals surface area contributed by atoms with Crippen molar-refractivity contribution in [2.45, 2.75) is 17.9 Å². The van der Waals surface area contributed by atoms with E-state index in [1.165, 1.54) is 40.5 Å². The fourth-order valence-corrected chi connectivity index (χ4v) is 4.39. The van der Waals surface area contributed by atoms with E-state index in [0.29, 0.717) is 11.1 Å². The minimum absolute atomic E-state index is 0.00232. The number of carbonyl (C=O) groups excluding carboxylic acids is 1. The molecule has 0 aliphatic rings. The second-order valence-electron chi connectivity index (χ2n) is 6.76. The van der Waals surface area contributed by atoms with Crippen molar-refractivity contribution in [2.24, 2.45) is 5.14 Å². The highest BCUT2D eigenvalue weighted by Crippen LogP contribution is 2.30. The minimum atomic E-state index is -3.82. The van der Waals surface area contributed by atoms with Crippen LogP contribution in [0.4, 0.5) is 4.39 Å². The molecule has 156 valence electrons. The van der Waals surface area contributed by atoms with Gasteiger partial charge in [-0.25, -0.2) is 17.9 Å². The third-order valence-corrected chi connectivity index (χ3v) is 6.75. The number of hydrogen-bond donors (Lipinski definition) is 1. The predicted octanol–water partition coefficient (Wildman–Crippen LogP) is 4.43. The first-order valence-electron chi connectivity index (χ1n) is 9.09. The van der Waals surface area contributed by atoms with Crippen molar-refractivity contribution in [1.29, 1.82) is 0 Å². The van der Waals surface area contributed by atoms with E-state index in [1.807, 2.05) is 12.1 Å². The highest BCUT2D eigenvalue weighted by molar-refractivity contribution is 7.89. The molecular formula is C22H21FN2O3S2. The van der Waals surface area contributed by atoms with E-state index in [1.54, 1.807) is 50.4 Å². The molecule has 0 aliphatic heterocycles. The number of nitrogens with two attached hydrogens (primary N) is 1. The van der Waals surface area contributed by atoms with Crippen LogP contribution in [0.3, 0.4) is 0 Å². The molecule has 30 heavy (non-hydrogen) atoms. The number of benzene rings is 2. The van der Waals surface area contributed by atoms with Gasteiger partial charge in [0.15, 0.2) is 0 Å². The summed E-state index contributed by atoms with van der Waals surface area (Å²) in [7, 11) is -2.18. The second kappa shape index (κ2) is 8.91. The molecule has 0 spiro atoms. The van der Waals surface area contributed by atoms with Crippen LogP contribution in [0.15, 0.2) is 71.6 Å². The summed E-state index contributed by atoms with van der Waals surface area (Å²) in [6.07, 6.45) is 3.12. The summed E-state index contributed by atoms with van der Waals surface area (Å²) in [5.41, 5.74) is 1.18. The lowest BCUT2D eigenvalue weighted by molar-refractivity contribution is -0.126. The Morgan fingerprint density at radius 1 is 1.13 bits per heavy atom. The fraction of sp³-hybridized carbons (Fsp3) is 0.136. The molecule has 3 aromatic rings. The number of sulfonamides is 1. The van der Waals surface area contributed by atoms with E-state index < -0.39 is 10.0 Å². The summed E-state index contributed by atoms with van der Waals surface area (Å²) in [4.78, 5) is 15.7. The van der Waals surface area contributed by atoms with Gasteiger partial charge in [0.2, 0.25) is 15.9 Å². The number of thiophene rings is 1. The molecule has 2 N–H and O–H groups in total. The lowest BCUT2D eigenvalue weighted by atomic mass is 10.1. The zero-order valence-corrected chi connectivity index (χ0v) is 18.1. The molecule has 1 aromatic heterocycles. The van der Waals surface area contributed by atoms with E-state index >= 15 is 0 Å². The number of nitrogens with zero attached hydrogens (tertiary/aromatic N) is 1. The Balaban J connectivity index is 1.73.